The number of rotatable bonds is 4. The summed E-state index contributed by atoms with van der Waals surface area (Å²) in [6.45, 7) is 0. The molecule has 2 aromatic rings. The summed E-state index contributed by atoms with van der Waals surface area (Å²) in [6, 6.07) is 4.36. The highest BCUT2D eigenvalue weighted by Gasteiger charge is 2.01. The van der Waals surface area contributed by atoms with Crippen LogP contribution in [0.5, 0.6) is 0 Å². The minimum absolute atomic E-state index is 1.35. The van der Waals surface area contributed by atoms with E-state index in [9.17, 15) is 0 Å². The Labute approximate surface area is 113 Å². The van der Waals surface area contributed by atoms with E-state index in [1.165, 1.54) is 19.5 Å². The first-order valence-electron chi connectivity index (χ1n) is 4.76. The topological polar surface area (TPSA) is 0 Å². The summed E-state index contributed by atoms with van der Waals surface area (Å²) in [5, 5.41) is 4.30. The van der Waals surface area contributed by atoms with Crippen molar-refractivity contribution in [3.8, 4) is 0 Å². The molecular weight excluding hydrogens is 272 g/mol. The van der Waals surface area contributed by atoms with Crippen molar-refractivity contribution in [3.63, 3.8) is 0 Å². The number of hydrogen-bond acceptors (Lipinski definition) is 4. The van der Waals surface area contributed by atoms with Crippen molar-refractivity contribution in [2.45, 2.75) is 9.79 Å². The van der Waals surface area contributed by atoms with Crippen molar-refractivity contribution in [1.82, 2.24) is 0 Å². The van der Waals surface area contributed by atoms with Gasteiger partial charge in [0, 0.05) is 19.5 Å². The minimum atomic E-state index is 1.35. The molecule has 0 atom stereocenters. The average molecular weight is 284 g/mol. The van der Waals surface area contributed by atoms with Gasteiger partial charge in [-0.25, -0.2) is 0 Å². The third-order valence-corrected chi connectivity index (χ3v) is 5.75. The fourth-order valence-electron chi connectivity index (χ4n) is 1.35. The first-order valence-corrected chi connectivity index (χ1v) is 8.97. The first-order chi connectivity index (χ1) is 7.85. The lowest BCUT2D eigenvalue weighted by molar-refractivity contribution is 1.55. The van der Waals surface area contributed by atoms with E-state index >= 15 is 0 Å². The Morgan fingerprint density at radius 1 is 0.875 bits per heavy atom. The molecule has 84 valence electrons. The summed E-state index contributed by atoms with van der Waals surface area (Å²) in [6.07, 6.45) is 8.69. The van der Waals surface area contributed by atoms with E-state index in [0.717, 1.165) is 0 Å². The molecule has 0 saturated carbocycles. The van der Waals surface area contributed by atoms with E-state index in [2.05, 4.69) is 47.6 Å². The van der Waals surface area contributed by atoms with E-state index < -0.39 is 0 Å². The fourth-order valence-corrected chi connectivity index (χ4v) is 4.62. The predicted octanol–water partition coefficient (Wildman–Crippen LogP) is 5.42. The Morgan fingerprint density at radius 2 is 1.31 bits per heavy atom. The molecule has 4 heteroatoms. The number of thiophene rings is 2. The summed E-state index contributed by atoms with van der Waals surface area (Å²) >= 11 is 7.21. The molecule has 0 aliphatic carbocycles. The highest BCUT2D eigenvalue weighted by atomic mass is 32.2. The van der Waals surface area contributed by atoms with Gasteiger partial charge in [-0.15, -0.1) is 46.2 Å². The van der Waals surface area contributed by atoms with Gasteiger partial charge in [0.15, 0.2) is 0 Å². The summed E-state index contributed by atoms with van der Waals surface area (Å²) in [4.78, 5) is 5.44. The lowest BCUT2D eigenvalue weighted by Crippen LogP contribution is -1.69. The number of thioether (sulfide) groups is 2. The molecule has 2 aromatic heterocycles. The van der Waals surface area contributed by atoms with Crippen LogP contribution >= 0.6 is 46.2 Å². The molecule has 0 radical (unpaired) electrons. The second-order valence-corrected chi connectivity index (χ2v) is 6.63. The lowest BCUT2D eigenvalue weighted by atomic mass is 10.3. The molecule has 0 spiro atoms. The van der Waals surface area contributed by atoms with Crippen LogP contribution in [0.3, 0.4) is 0 Å². The van der Waals surface area contributed by atoms with Crippen LogP contribution in [0, 0.1) is 0 Å². The van der Waals surface area contributed by atoms with Crippen LogP contribution < -0.4 is 0 Å². The Morgan fingerprint density at radius 3 is 1.69 bits per heavy atom. The SMILES string of the molecule is CSc1ccsc1/C=C/c1sccc1SC. The molecular formula is C12H12S4. The summed E-state index contributed by atoms with van der Waals surface area (Å²) in [7, 11) is 0. The van der Waals surface area contributed by atoms with Gasteiger partial charge < -0.3 is 0 Å². The van der Waals surface area contributed by atoms with E-state index in [1.807, 2.05) is 0 Å². The second-order valence-electron chi connectivity index (χ2n) is 3.04. The summed E-state index contributed by atoms with van der Waals surface area (Å²) in [5.74, 6) is 0. The number of hydrogen-bond donors (Lipinski definition) is 0. The molecule has 2 rings (SSSR count). The Balaban J connectivity index is 2.21. The smallest absolute Gasteiger partial charge is 0.0406 e. The van der Waals surface area contributed by atoms with Gasteiger partial charge in [-0.1, -0.05) is 0 Å². The molecule has 0 N–H and O–H groups in total. The zero-order valence-corrected chi connectivity index (χ0v) is 12.4. The van der Waals surface area contributed by atoms with E-state index in [1.54, 1.807) is 46.2 Å². The van der Waals surface area contributed by atoms with Crippen molar-refractivity contribution in [1.29, 1.82) is 0 Å². The molecule has 0 unspecified atom stereocenters. The van der Waals surface area contributed by atoms with Gasteiger partial charge in [-0.05, 0) is 47.6 Å². The second kappa shape index (κ2) is 5.96. The van der Waals surface area contributed by atoms with Crippen molar-refractivity contribution < 1.29 is 0 Å². The van der Waals surface area contributed by atoms with Crippen molar-refractivity contribution in [2.75, 3.05) is 12.5 Å². The predicted molar refractivity (Wildman–Crippen MR) is 81.1 cm³/mol. The molecule has 0 aromatic carbocycles. The summed E-state index contributed by atoms with van der Waals surface area (Å²) in [5.41, 5.74) is 0. The highest BCUT2D eigenvalue weighted by Crippen LogP contribution is 2.30. The van der Waals surface area contributed by atoms with Crippen LogP contribution in [-0.2, 0) is 0 Å². The van der Waals surface area contributed by atoms with Crippen molar-refractivity contribution >= 4 is 58.3 Å². The molecule has 0 aliphatic rings. The van der Waals surface area contributed by atoms with E-state index in [0.29, 0.717) is 0 Å². The van der Waals surface area contributed by atoms with Crippen LogP contribution in [0.4, 0.5) is 0 Å². The van der Waals surface area contributed by atoms with Gasteiger partial charge in [-0.2, -0.15) is 0 Å². The zero-order chi connectivity index (χ0) is 11.4. The third kappa shape index (κ3) is 2.74. The van der Waals surface area contributed by atoms with Crippen molar-refractivity contribution in [2.24, 2.45) is 0 Å². The van der Waals surface area contributed by atoms with Gasteiger partial charge in [-0.3, -0.25) is 0 Å². The Kier molecular flexibility index (Phi) is 4.58. The van der Waals surface area contributed by atoms with Gasteiger partial charge in [0.1, 0.15) is 0 Å². The standard InChI is InChI=1S/C12H12S4/c1-13-9-5-7-15-11(9)3-4-12-10(14-2)6-8-16-12/h3-8H,1-2H3/b4-3+. The molecule has 0 nitrogen and oxygen atoms in total. The maximum absolute atomic E-state index is 2.22. The van der Waals surface area contributed by atoms with Crippen LogP contribution in [-0.4, -0.2) is 12.5 Å². The highest BCUT2D eigenvalue weighted by molar-refractivity contribution is 7.99. The molecule has 0 bridgehead atoms. The maximum atomic E-state index is 2.22. The van der Waals surface area contributed by atoms with Crippen LogP contribution in [0.15, 0.2) is 32.7 Å². The third-order valence-electron chi connectivity index (χ3n) is 2.14. The molecule has 16 heavy (non-hydrogen) atoms. The molecule has 0 saturated heterocycles. The Hall–Kier alpha value is -0.160. The van der Waals surface area contributed by atoms with Gasteiger partial charge >= 0.3 is 0 Å². The lowest BCUT2D eigenvalue weighted by Gasteiger charge is -1.95. The fraction of sp³-hybridized carbons (Fsp3) is 0.167. The largest absolute Gasteiger partial charge is 0.143 e. The van der Waals surface area contributed by atoms with E-state index in [-0.39, 0.29) is 0 Å². The maximum Gasteiger partial charge on any atom is 0.0406 e. The van der Waals surface area contributed by atoms with Crippen LogP contribution in [0.25, 0.3) is 12.2 Å². The van der Waals surface area contributed by atoms with Gasteiger partial charge in [0.25, 0.3) is 0 Å². The van der Waals surface area contributed by atoms with Crippen LogP contribution in [0.1, 0.15) is 9.75 Å². The molecule has 0 fully saturated rings. The molecule has 2 heterocycles. The minimum Gasteiger partial charge on any atom is -0.143 e. The van der Waals surface area contributed by atoms with Crippen molar-refractivity contribution in [3.05, 3.63) is 32.6 Å². The monoisotopic (exact) mass is 284 g/mol. The Bertz CT molecular complexity index is 434. The van der Waals surface area contributed by atoms with E-state index in [4.69, 9.17) is 0 Å². The molecule has 0 amide bonds. The van der Waals surface area contributed by atoms with Gasteiger partial charge in [0.2, 0.25) is 0 Å². The van der Waals surface area contributed by atoms with Gasteiger partial charge in [0.05, 0.1) is 0 Å². The van der Waals surface area contributed by atoms with Crippen LogP contribution in [0.2, 0.25) is 0 Å². The average Bonchev–Trinajstić information content (AvgIpc) is 2.94. The normalized spacial score (nSPS) is 11.4. The molecule has 0 aliphatic heterocycles. The quantitative estimate of drug-likeness (QED) is 0.687. The first kappa shape index (κ1) is 12.3. The summed E-state index contributed by atoms with van der Waals surface area (Å²) < 4.78 is 0. The zero-order valence-electron chi connectivity index (χ0n) is 9.10.